The number of esters is 1. The van der Waals surface area contributed by atoms with Gasteiger partial charge >= 0.3 is 12.1 Å². The van der Waals surface area contributed by atoms with Gasteiger partial charge in [-0.1, -0.05) is 11.8 Å². The third-order valence-corrected chi connectivity index (χ3v) is 5.58. The van der Waals surface area contributed by atoms with Crippen LogP contribution in [0.15, 0.2) is 35.6 Å². The van der Waals surface area contributed by atoms with E-state index in [9.17, 15) is 18.8 Å². The van der Waals surface area contributed by atoms with Crippen molar-refractivity contribution in [3.05, 3.63) is 42.0 Å². The molecule has 1 N–H and O–H groups in total. The van der Waals surface area contributed by atoms with Gasteiger partial charge in [0.15, 0.2) is 17.5 Å². The highest BCUT2D eigenvalue weighted by molar-refractivity contribution is 7.98. The number of hydrogen-bond acceptors (Lipinski definition) is 7. The minimum Gasteiger partial charge on any atom is -0.451 e. The van der Waals surface area contributed by atoms with Crippen LogP contribution in [0.25, 0.3) is 5.69 Å². The maximum atomic E-state index is 13.3. The van der Waals surface area contributed by atoms with Crippen LogP contribution >= 0.6 is 11.8 Å². The van der Waals surface area contributed by atoms with Gasteiger partial charge in [-0.15, -0.1) is 0 Å². The summed E-state index contributed by atoms with van der Waals surface area (Å²) in [5, 5.41) is 3.35. The summed E-state index contributed by atoms with van der Waals surface area (Å²) in [4.78, 5) is 42.4. The van der Waals surface area contributed by atoms with Crippen LogP contribution in [0.3, 0.4) is 0 Å². The van der Waals surface area contributed by atoms with Crippen LogP contribution in [0.5, 0.6) is 0 Å². The standard InChI is InChI=1S/C21H25FN4O5S/c1-3-30-21(29)25-10-8-15(9-11-25)24-18(27)13-31-19(28)17-12-23-20(32-2)26(17)16-6-4-14(22)5-7-16/h4-7,12,15H,3,8-11,13H2,1-2H3,(H,24,27). The Hall–Kier alpha value is -3.08. The van der Waals surface area contributed by atoms with Crippen molar-refractivity contribution in [1.82, 2.24) is 19.8 Å². The molecule has 0 atom stereocenters. The summed E-state index contributed by atoms with van der Waals surface area (Å²) < 4.78 is 25.0. The van der Waals surface area contributed by atoms with Gasteiger partial charge in [0, 0.05) is 24.8 Å². The Morgan fingerprint density at radius 1 is 1.19 bits per heavy atom. The molecule has 0 spiro atoms. The van der Waals surface area contributed by atoms with E-state index in [2.05, 4.69) is 10.3 Å². The zero-order valence-electron chi connectivity index (χ0n) is 17.9. The minimum atomic E-state index is -0.714. The molecule has 1 aromatic carbocycles. The first kappa shape index (κ1) is 23.6. The van der Waals surface area contributed by atoms with E-state index in [0.29, 0.717) is 43.4 Å². The summed E-state index contributed by atoms with van der Waals surface area (Å²) >= 11 is 1.32. The van der Waals surface area contributed by atoms with Gasteiger partial charge in [-0.05, 0) is 50.3 Å². The Bertz CT molecular complexity index is 958. The number of imidazole rings is 1. The van der Waals surface area contributed by atoms with Crippen LogP contribution in [-0.4, -0.2) is 71.0 Å². The fourth-order valence-corrected chi connectivity index (χ4v) is 3.90. The van der Waals surface area contributed by atoms with Gasteiger partial charge in [0.2, 0.25) is 0 Å². The molecule has 0 saturated carbocycles. The number of amides is 2. The highest BCUT2D eigenvalue weighted by Crippen LogP contribution is 2.22. The number of nitrogens with zero attached hydrogens (tertiary/aromatic N) is 3. The largest absolute Gasteiger partial charge is 0.451 e. The lowest BCUT2D eigenvalue weighted by Gasteiger charge is -2.31. The van der Waals surface area contributed by atoms with Crippen molar-refractivity contribution in [2.45, 2.75) is 31.0 Å². The van der Waals surface area contributed by atoms with Crippen molar-refractivity contribution in [2.24, 2.45) is 0 Å². The number of aromatic nitrogens is 2. The first-order valence-corrected chi connectivity index (χ1v) is 11.4. The van der Waals surface area contributed by atoms with E-state index >= 15 is 0 Å². The summed E-state index contributed by atoms with van der Waals surface area (Å²) in [6.07, 6.45) is 3.99. The summed E-state index contributed by atoms with van der Waals surface area (Å²) in [6.45, 7) is 2.59. The Balaban J connectivity index is 1.54. The Labute approximate surface area is 189 Å². The molecular formula is C21H25FN4O5S. The fourth-order valence-electron chi connectivity index (χ4n) is 3.36. The molecule has 1 aromatic heterocycles. The lowest BCUT2D eigenvalue weighted by Crippen LogP contribution is -2.47. The zero-order chi connectivity index (χ0) is 23.1. The predicted molar refractivity (Wildman–Crippen MR) is 115 cm³/mol. The lowest BCUT2D eigenvalue weighted by molar-refractivity contribution is -0.125. The highest BCUT2D eigenvalue weighted by Gasteiger charge is 2.25. The van der Waals surface area contributed by atoms with Gasteiger partial charge < -0.3 is 19.7 Å². The maximum absolute atomic E-state index is 13.3. The number of piperidine rings is 1. The van der Waals surface area contributed by atoms with E-state index in [-0.39, 0.29) is 17.8 Å². The van der Waals surface area contributed by atoms with Crippen LogP contribution < -0.4 is 5.32 Å². The van der Waals surface area contributed by atoms with Gasteiger partial charge in [-0.2, -0.15) is 0 Å². The molecule has 1 aliphatic rings. The summed E-state index contributed by atoms with van der Waals surface area (Å²) in [6, 6.07) is 5.52. The minimum absolute atomic E-state index is 0.111. The van der Waals surface area contributed by atoms with Crippen LogP contribution in [0.2, 0.25) is 0 Å². The molecule has 1 saturated heterocycles. The molecule has 2 aromatic rings. The number of rotatable bonds is 7. The molecule has 32 heavy (non-hydrogen) atoms. The van der Waals surface area contributed by atoms with E-state index in [1.165, 1.54) is 42.2 Å². The number of hydrogen-bond donors (Lipinski definition) is 1. The van der Waals surface area contributed by atoms with E-state index in [1.54, 1.807) is 22.6 Å². The van der Waals surface area contributed by atoms with Crippen molar-refractivity contribution in [3.8, 4) is 5.69 Å². The molecule has 2 heterocycles. The Morgan fingerprint density at radius 3 is 2.50 bits per heavy atom. The highest BCUT2D eigenvalue weighted by atomic mass is 32.2. The Morgan fingerprint density at radius 2 is 1.88 bits per heavy atom. The van der Waals surface area contributed by atoms with Gasteiger partial charge in [0.25, 0.3) is 5.91 Å². The van der Waals surface area contributed by atoms with E-state index in [0.717, 1.165) is 0 Å². The summed E-state index contributed by atoms with van der Waals surface area (Å²) in [5.41, 5.74) is 0.689. The average molecular weight is 465 g/mol. The van der Waals surface area contributed by atoms with Crippen LogP contribution in [0.1, 0.15) is 30.3 Å². The third kappa shape index (κ3) is 5.78. The van der Waals surface area contributed by atoms with Crippen molar-refractivity contribution in [2.75, 3.05) is 32.6 Å². The van der Waals surface area contributed by atoms with Gasteiger partial charge in [0.1, 0.15) is 5.82 Å². The second-order valence-corrected chi connectivity index (χ2v) is 7.82. The molecule has 172 valence electrons. The number of benzene rings is 1. The van der Waals surface area contributed by atoms with Crippen LogP contribution in [0, 0.1) is 5.82 Å². The molecule has 11 heteroatoms. The third-order valence-electron chi connectivity index (χ3n) is 4.93. The molecule has 0 unspecified atom stereocenters. The molecule has 1 aliphatic heterocycles. The van der Waals surface area contributed by atoms with Crippen molar-refractivity contribution in [3.63, 3.8) is 0 Å². The van der Waals surface area contributed by atoms with Crippen LogP contribution in [0.4, 0.5) is 9.18 Å². The number of carbonyl (C=O) groups excluding carboxylic acids is 3. The number of halogens is 1. The van der Waals surface area contributed by atoms with Gasteiger partial charge in [0.05, 0.1) is 12.8 Å². The molecular weight excluding hydrogens is 439 g/mol. The summed E-state index contributed by atoms with van der Waals surface area (Å²) in [7, 11) is 0. The molecule has 2 amide bonds. The lowest BCUT2D eigenvalue weighted by atomic mass is 10.1. The van der Waals surface area contributed by atoms with E-state index < -0.39 is 24.3 Å². The quantitative estimate of drug-likeness (QED) is 0.496. The topological polar surface area (TPSA) is 103 Å². The average Bonchev–Trinajstić information content (AvgIpc) is 3.23. The number of carbonyl (C=O) groups is 3. The zero-order valence-corrected chi connectivity index (χ0v) is 18.7. The first-order chi connectivity index (χ1) is 15.4. The van der Waals surface area contributed by atoms with E-state index in [4.69, 9.17) is 9.47 Å². The van der Waals surface area contributed by atoms with Crippen molar-refractivity contribution >= 4 is 29.7 Å². The predicted octanol–water partition coefficient (Wildman–Crippen LogP) is 2.63. The molecule has 3 rings (SSSR count). The number of nitrogens with one attached hydrogen (secondary N) is 1. The first-order valence-electron chi connectivity index (χ1n) is 10.2. The monoisotopic (exact) mass is 464 g/mol. The Kier molecular flexibility index (Phi) is 8.09. The van der Waals surface area contributed by atoms with Crippen molar-refractivity contribution < 1.29 is 28.2 Å². The molecule has 1 fully saturated rings. The maximum Gasteiger partial charge on any atom is 0.409 e. The van der Waals surface area contributed by atoms with Gasteiger partial charge in [-0.3, -0.25) is 9.36 Å². The smallest absolute Gasteiger partial charge is 0.409 e. The van der Waals surface area contributed by atoms with Crippen LogP contribution in [-0.2, 0) is 14.3 Å². The number of likely N-dealkylation sites (tertiary alicyclic amines) is 1. The number of ether oxygens (including phenoxy) is 2. The normalized spacial score (nSPS) is 14.2. The SMILES string of the molecule is CCOC(=O)N1CCC(NC(=O)COC(=O)c2cnc(SC)n2-c2ccc(F)cc2)CC1. The number of thioether (sulfide) groups is 1. The molecule has 0 bridgehead atoms. The second-order valence-electron chi connectivity index (χ2n) is 7.05. The fraction of sp³-hybridized carbons (Fsp3) is 0.429. The molecule has 0 aliphatic carbocycles. The molecule has 0 radical (unpaired) electrons. The molecule has 9 nitrogen and oxygen atoms in total. The van der Waals surface area contributed by atoms with Crippen molar-refractivity contribution in [1.29, 1.82) is 0 Å². The second kappa shape index (κ2) is 11.0. The van der Waals surface area contributed by atoms with E-state index in [1.807, 2.05) is 0 Å². The van der Waals surface area contributed by atoms with Gasteiger partial charge in [-0.25, -0.2) is 19.0 Å². The summed E-state index contributed by atoms with van der Waals surface area (Å²) in [5.74, 6) is -1.53.